The van der Waals surface area contributed by atoms with Gasteiger partial charge in [0.25, 0.3) is 0 Å². The molecule has 1 atom stereocenters. The van der Waals surface area contributed by atoms with E-state index in [1.54, 1.807) is 20.1 Å². The first-order chi connectivity index (χ1) is 13.7. The zero-order valence-electron chi connectivity index (χ0n) is 18.9. The van der Waals surface area contributed by atoms with E-state index in [1.807, 2.05) is 0 Å². The Balaban J connectivity index is 3.36. The summed E-state index contributed by atoms with van der Waals surface area (Å²) in [6.45, 7) is 5.55. The molecule has 0 aliphatic heterocycles. The molecule has 166 valence electrons. The van der Waals surface area contributed by atoms with E-state index >= 15 is 0 Å². The maximum Gasteiger partial charge on any atom is 0.330 e. The van der Waals surface area contributed by atoms with Crippen LogP contribution in [0.1, 0.15) is 104 Å². The third-order valence-corrected chi connectivity index (χ3v) is 4.88. The van der Waals surface area contributed by atoms with Crippen molar-refractivity contribution in [2.75, 3.05) is 26.9 Å². The Labute approximate surface area is 174 Å². The smallest absolute Gasteiger partial charge is 0.330 e. The predicted octanol–water partition coefficient (Wildman–Crippen LogP) is 6.62. The molecule has 0 aliphatic rings. The highest BCUT2D eigenvalue weighted by Gasteiger charge is 2.12. The number of hydrogen-bond acceptors (Lipinski definition) is 4. The second-order valence-corrected chi connectivity index (χ2v) is 7.69. The molecule has 0 saturated carbocycles. The van der Waals surface area contributed by atoms with Gasteiger partial charge in [0.15, 0.2) is 0 Å². The van der Waals surface area contributed by atoms with Crippen LogP contribution in [-0.2, 0) is 19.0 Å². The molecule has 0 aromatic rings. The number of rotatable bonds is 21. The molecule has 0 radical (unpaired) electrons. The van der Waals surface area contributed by atoms with E-state index in [9.17, 15) is 4.79 Å². The summed E-state index contributed by atoms with van der Waals surface area (Å²) in [5, 5.41) is 0. The molecule has 0 fully saturated rings. The fraction of sp³-hybridized carbons (Fsp3) is 0.875. The summed E-state index contributed by atoms with van der Waals surface area (Å²) in [6.07, 6.45) is 21.7. The maximum atomic E-state index is 11.5. The van der Waals surface area contributed by atoms with Gasteiger partial charge >= 0.3 is 5.97 Å². The molecule has 0 aromatic carbocycles. The summed E-state index contributed by atoms with van der Waals surface area (Å²) in [7, 11) is 1.60. The normalized spacial score (nSPS) is 12.5. The first kappa shape index (κ1) is 27.1. The van der Waals surface area contributed by atoms with Crippen molar-refractivity contribution in [1.29, 1.82) is 0 Å². The Morgan fingerprint density at radius 1 is 0.786 bits per heavy atom. The summed E-state index contributed by atoms with van der Waals surface area (Å²) in [4.78, 5) is 11.5. The molecule has 0 bridgehead atoms. The second-order valence-electron chi connectivity index (χ2n) is 7.69. The van der Waals surface area contributed by atoms with Gasteiger partial charge in [-0.1, -0.05) is 96.5 Å². The number of hydrogen-bond donors (Lipinski definition) is 0. The number of unbranched alkanes of at least 4 members (excludes halogenated alkanes) is 13. The van der Waals surface area contributed by atoms with Crippen LogP contribution in [0, 0.1) is 0 Å². The largest absolute Gasteiger partial charge is 0.454 e. The van der Waals surface area contributed by atoms with E-state index in [1.165, 1.54) is 89.5 Å². The molecule has 0 aromatic heterocycles. The number of methoxy groups -OCH3 is 1. The van der Waals surface area contributed by atoms with Gasteiger partial charge in [0, 0.05) is 19.8 Å². The minimum Gasteiger partial charge on any atom is -0.454 e. The van der Waals surface area contributed by atoms with Crippen LogP contribution >= 0.6 is 0 Å². The monoisotopic (exact) mass is 398 g/mol. The van der Waals surface area contributed by atoms with Crippen molar-refractivity contribution in [3.63, 3.8) is 0 Å². The summed E-state index contributed by atoms with van der Waals surface area (Å²) in [5.41, 5.74) is 0. The second kappa shape index (κ2) is 22.4. The lowest BCUT2D eigenvalue weighted by Crippen LogP contribution is -2.27. The Kier molecular flexibility index (Phi) is 21.7. The molecule has 28 heavy (non-hydrogen) atoms. The maximum absolute atomic E-state index is 11.5. The molecule has 0 amide bonds. The van der Waals surface area contributed by atoms with Gasteiger partial charge in [-0.25, -0.2) is 4.79 Å². The molecule has 4 heteroatoms. The predicted molar refractivity (Wildman–Crippen MR) is 118 cm³/mol. The molecular weight excluding hydrogens is 352 g/mol. The zero-order chi connectivity index (χ0) is 20.7. The Morgan fingerprint density at radius 2 is 1.29 bits per heavy atom. The van der Waals surface area contributed by atoms with Crippen LogP contribution in [0.3, 0.4) is 0 Å². The van der Waals surface area contributed by atoms with Gasteiger partial charge in [-0.05, 0) is 13.3 Å². The average molecular weight is 399 g/mol. The molecule has 1 unspecified atom stereocenters. The van der Waals surface area contributed by atoms with E-state index in [4.69, 9.17) is 14.2 Å². The number of ether oxygens (including phenoxy) is 3. The quantitative estimate of drug-likeness (QED) is 0.124. The zero-order valence-corrected chi connectivity index (χ0v) is 18.9. The van der Waals surface area contributed by atoms with E-state index in [0.29, 0.717) is 13.2 Å². The lowest BCUT2D eigenvalue weighted by molar-refractivity contribution is -0.149. The summed E-state index contributed by atoms with van der Waals surface area (Å²) in [6, 6.07) is 0. The van der Waals surface area contributed by atoms with Crippen LogP contribution < -0.4 is 0 Å². The van der Waals surface area contributed by atoms with Gasteiger partial charge in [0.05, 0.1) is 13.2 Å². The minimum absolute atomic E-state index is 0.333. The summed E-state index contributed by atoms with van der Waals surface area (Å²) in [5.74, 6) is -0.343. The number of carbonyl (C=O) groups excluding carboxylic acids is 1. The van der Waals surface area contributed by atoms with Crippen LogP contribution in [0.4, 0.5) is 0 Å². The average Bonchev–Trinajstić information content (AvgIpc) is 2.68. The first-order valence-electron chi connectivity index (χ1n) is 11.6. The van der Waals surface area contributed by atoms with Gasteiger partial charge in [-0.3, -0.25) is 0 Å². The Hall–Kier alpha value is -0.870. The first-order valence-corrected chi connectivity index (χ1v) is 11.6. The minimum atomic E-state index is -0.343. The number of carbonyl (C=O) groups is 1. The van der Waals surface area contributed by atoms with E-state index < -0.39 is 0 Å². The SMILES string of the molecule is C/C=C/C(=O)OC(COC)COCCCCCCCCCCCCCCCC. The van der Waals surface area contributed by atoms with Crippen molar-refractivity contribution in [1.82, 2.24) is 0 Å². The highest BCUT2D eigenvalue weighted by Crippen LogP contribution is 2.13. The molecule has 0 spiro atoms. The fourth-order valence-electron chi connectivity index (χ4n) is 3.26. The third kappa shape index (κ3) is 19.9. The highest BCUT2D eigenvalue weighted by atomic mass is 16.6. The van der Waals surface area contributed by atoms with Crippen molar-refractivity contribution < 1.29 is 19.0 Å². The Morgan fingerprint density at radius 3 is 1.75 bits per heavy atom. The molecule has 0 rings (SSSR count). The number of allylic oxidation sites excluding steroid dienone is 1. The van der Waals surface area contributed by atoms with Crippen molar-refractivity contribution in [2.45, 2.75) is 110 Å². The molecule has 0 N–H and O–H groups in total. The van der Waals surface area contributed by atoms with Gasteiger partial charge in [0.2, 0.25) is 0 Å². The summed E-state index contributed by atoms with van der Waals surface area (Å²) < 4.78 is 16.0. The van der Waals surface area contributed by atoms with E-state index in [-0.39, 0.29) is 12.1 Å². The van der Waals surface area contributed by atoms with Crippen LogP contribution in [0.15, 0.2) is 12.2 Å². The van der Waals surface area contributed by atoms with Crippen LogP contribution in [0.5, 0.6) is 0 Å². The van der Waals surface area contributed by atoms with Crippen molar-refractivity contribution in [3.05, 3.63) is 12.2 Å². The van der Waals surface area contributed by atoms with Crippen LogP contribution in [0.25, 0.3) is 0 Å². The molecular formula is C24H46O4. The standard InChI is InChI=1S/C24H46O4/c1-4-6-7-8-9-10-11-12-13-14-15-16-17-18-20-27-22-23(21-26-3)28-24(25)19-5-2/h5,19,23H,4,6-18,20-22H2,1-3H3/b19-5+. The van der Waals surface area contributed by atoms with Gasteiger partial charge in [-0.15, -0.1) is 0 Å². The van der Waals surface area contributed by atoms with Crippen LogP contribution in [0.2, 0.25) is 0 Å². The van der Waals surface area contributed by atoms with Gasteiger partial charge in [-0.2, -0.15) is 0 Å². The summed E-state index contributed by atoms with van der Waals surface area (Å²) >= 11 is 0. The number of esters is 1. The third-order valence-electron chi connectivity index (χ3n) is 4.88. The fourth-order valence-corrected chi connectivity index (χ4v) is 3.26. The van der Waals surface area contributed by atoms with Crippen LogP contribution in [-0.4, -0.2) is 39.0 Å². The lowest BCUT2D eigenvalue weighted by atomic mass is 10.0. The molecule has 0 heterocycles. The highest BCUT2D eigenvalue weighted by molar-refractivity contribution is 5.81. The van der Waals surface area contributed by atoms with Gasteiger partial charge in [0.1, 0.15) is 6.10 Å². The molecule has 4 nitrogen and oxygen atoms in total. The van der Waals surface area contributed by atoms with Gasteiger partial charge < -0.3 is 14.2 Å². The van der Waals surface area contributed by atoms with E-state index in [2.05, 4.69) is 6.92 Å². The van der Waals surface area contributed by atoms with Crippen molar-refractivity contribution in [3.8, 4) is 0 Å². The Bertz CT molecular complexity index is 355. The topological polar surface area (TPSA) is 44.8 Å². The lowest BCUT2D eigenvalue weighted by Gasteiger charge is -2.16. The van der Waals surface area contributed by atoms with Crippen molar-refractivity contribution >= 4 is 5.97 Å². The molecule has 0 aliphatic carbocycles. The molecule has 0 saturated heterocycles. The van der Waals surface area contributed by atoms with E-state index in [0.717, 1.165) is 13.0 Å². The van der Waals surface area contributed by atoms with Crippen molar-refractivity contribution in [2.24, 2.45) is 0 Å².